The second-order valence-corrected chi connectivity index (χ2v) is 15.1. The molecule has 0 saturated heterocycles. The summed E-state index contributed by atoms with van der Waals surface area (Å²) in [6, 6.07) is 0. The lowest BCUT2D eigenvalue weighted by Crippen LogP contribution is -2.54. The van der Waals surface area contributed by atoms with Gasteiger partial charge >= 0.3 is 0 Å². The van der Waals surface area contributed by atoms with Crippen LogP contribution in [0.5, 0.6) is 0 Å². The largest absolute Gasteiger partial charge is 0.474 e. The van der Waals surface area contributed by atoms with Crippen LogP contribution in [0.3, 0.4) is 0 Å². The van der Waals surface area contributed by atoms with Crippen molar-refractivity contribution in [3.8, 4) is 0 Å². The van der Waals surface area contributed by atoms with E-state index in [0.717, 1.165) is 30.2 Å². The minimum absolute atomic E-state index is 0.0243. The quantitative estimate of drug-likeness (QED) is 0.611. The number of hydrogen-bond donors (Lipinski definition) is 1. The predicted octanol–water partition coefficient (Wildman–Crippen LogP) is 3.92. The van der Waals surface area contributed by atoms with Crippen LogP contribution in [-0.2, 0) is 11.2 Å². The fourth-order valence-corrected chi connectivity index (χ4v) is 7.03. The van der Waals surface area contributed by atoms with Gasteiger partial charge in [-0.15, -0.1) is 0 Å². The summed E-state index contributed by atoms with van der Waals surface area (Å²) >= 11 is 0. The second-order valence-electron chi connectivity index (χ2n) is 9.92. The Hall–Kier alpha value is -1.13. The number of ketones is 1. The van der Waals surface area contributed by atoms with Gasteiger partial charge in [0, 0.05) is 29.2 Å². The first-order valence-corrected chi connectivity index (χ1v) is 12.6. The predicted molar refractivity (Wildman–Crippen MR) is 102 cm³/mol. The molecule has 0 amide bonds. The van der Waals surface area contributed by atoms with Crippen LogP contribution in [0.1, 0.15) is 57.1 Å². The molecular weight excluding hydrogens is 328 g/mol. The van der Waals surface area contributed by atoms with E-state index in [2.05, 4.69) is 46.0 Å². The molecule has 3 aliphatic rings. The maximum absolute atomic E-state index is 12.7. The monoisotopic (exact) mass is 358 g/mol. The minimum Gasteiger partial charge on any atom is -0.474 e. The molecule has 3 aliphatic carbocycles. The molecule has 136 valence electrons. The van der Waals surface area contributed by atoms with Crippen LogP contribution in [0, 0.1) is 11.3 Å². The Balaban J connectivity index is 1.91. The van der Waals surface area contributed by atoms with Gasteiger partial charge in [-0.3, -0.25) is 4.79 Å². The van der Waals surface area contributed by atoms with Crippen molar-refractivity contribution in [1.82, 2.24) is 0 Å². The van der Waals surface area contributed by atoms with Crippen molar-refractivity contribution in [3.63, 3.8) is 0 Å². The van der Waals surface area contributed by atoms with E-state index in [4.69, 9.17) is 4.42 Å². The molecule has 0 unspecified atom stereocenters. The van der Waals surface area contributed by atoms with Crippen molar-refractivity contribution in [3.05, 3.63) is 29.5 Å². The van der Waals surface area contributed by atoms with Crippen molar-refractivity contribution in [2.24, 2.45) is 11.3 Å². The maximum Gasteiger partial charge on any atom is 0.139 e. The lowest BCUT2D eigenvalue weighted by Gasteiger charge is -2.48. The number of aliphatic hydroxyl groups excluding tert-OH is 1. The van der Waals surface area contributed by atoms with E-state index in [1.807, 2.05) is 6.26 Å². The van der Waals surface area contributed by atoms with Gasteiger partial charge in [0.2, 0.25) is 0 Å². The Kier molecular flexibility index (Phi) is 3.59. The van der Waals surface area contributed by atoms with Crippen LogP contribution < -0.4 is 5.38 Å². The van der Waals surface area contributed by atoms with Gasteiger partial charge in [0.15, 0.2) is 0 Å². The first kappa shape index (κ1) is 17.3. The van der Waals surface area contributed by atoms with Crippen molar-refractivity contribution in [2.45, 2.75) is 76.6 Å². The number of allylic oxidation sites excluding steroid dienone is 1. The molecule has 1 aromatic heterocycles. The zero-order valence-electron chi connectivity index (χ0n) is 16.1. The van der Waals surface area contributed by atoms with Crippen LogP contribution >= 0.6 is 0 Å². The molecule has 1 N–H and O–H groups in total. The highest BCUT2D eigenvalue weighted by atomic mass is 28.3. The Morgan fingerprint density at radius 1 is 1.32 bits per heavy atom. The van der Waals surface area contributed by atoms with Gasteiger partial charge in [0.1, 0.15) is 13.9 Å². The number of Topliss-reactive ketones (excluding diaryl/α,β-unsaturated/α-hetero) is 1. The summed E-state index contributed by atoms with van der Waals surface area (Å²) < 4.78 is 6.21. The van der Waals surface area contributed by atoms with Crippen LogP contribution in [0.15, 0.2) is 22.8 Å². The molecular formula is C21H30O3Si. The molecule has 1 aromatic rings. The van der Waals surface area contributed by atoms with E-state index in [9.17, 15) is 9.90 Å². The molecule has 0 aliphatic heterocycles. The number of hydrogen-bond acceptors (Lipinski definition) is 3. The number of rotatable bonds is 1. The van der Waals surface area contributed by atoms with Crippen molar-refractivity contribution >= 4 is 19.2 Å². The van der Waals surface area contributed by atoms with Gasteiger partial charge in [-0.25, -0.2) is 0 Å². The SMILES string of the molecule is CC(C)(C)[Si](C)(C)c1occ2c1C[C@@]1(CCC1=O)[C@H]1CC=C[C@@H]2[C@H]1O. The van der Waals surface area contributed by atoms with E-state index < -0.39 is 14.2 Å². The van der Waals surface area contributed by atoms with E-state index in [0.29, 0.717) is 12.2 Å². The van der Waals surface area contributed by atoms with E-state index >= 15 is 0 Å². The van der Waals surface area contributed by atoms with Gasteiger partial charge in [-0.2, -0.15) is 0 Å². The highest BCUT2D eigenvalue weighted by Gasteiger charge is 2.58. The van der Waals surface area contributed by atoms with Crippen molar-refractivity contribution in [1.29, 1.82) is 0 Å². The van der Waals surface area contributed by atoms with Crippen molar-refractivity contribution < 1.29 is 14.3 Å². The highest BCUT2D eigenvalue weighted by Crippen LogP contribution is 2.56. The van der Waals surface area contributed by atoms with Crippen molar-refractivity contribution in [2.75, 3.05) is 0 Å². The Morgan fingerprint density at radius 2 is 2.04 bits per heavy atom. The molecule has 0 aromatic carbocycles. The normalized spacial score (nSPS) is 34.6. The van der Waals surface area contributed by atoms with Gasteiger partial charge < -0.3 is 9.52 Å². The lowest BCUT2D eigenvalue weighted by molar-refractivity contribution is -0.147. The van der Waals surface area contributed by atoms with Gasteiger partial charge in [-0.05, 0) is 29.9 Å². The molecule has 1 heterocycles. The van der Waals surface area contributed by atoms with Gasteiger partial charge in [-0.1, -0.05) is 46.0 Å². The lowest BCUT2D eigenvalue weighted by atomic mass is 9.55. The zero-order valence-corrected chi connectivity index (χ0v) is 17.1. The Morgan fingerprint density at radius 3 is 2.60 bits per heavy atom. The first-order valence-electron chi connectivity index (χ1n) is 9.58. The third kappa shape index (κ3) is 2.16. The molecule has 1 saturated carbocycles. The molecule has 2 bridgehead atoms. The summed E-state index contributed by atoms with van der Waals surface area (Å²) in [5, 5.41) is 12.4. The minimum atomic E-state index is -1.85. The second kappa shape index (κ2) is 5.20. The summed E-state index contributed by atoms with van der Waals surface area (Å²) in [4.78, 5) is 12.7. The molecule has 1 spiro atoms. The van der Waals surface area contributed by atoms with Gasteiger partial charge in [0.25, 0.3) is 0 Å². The molecule has 25 heavy (non-hydrogen) atoms. The fourth-order valence-electron chi connectivity index (χ4n) is 5.01. The van der Waals surface area contributed by atoms with E-state index in [1.54, 1.807) is 0 Å². The van der Waals surface area contributed by atoms with Crippen LogP contribution in [0.2, 0.25) is 18.1 Å². The molecule has 4 heteroatoms. The number of furan rings is 1. The van der Waals surface area contributed by atoms with E-state index in [1.165, 1.54) is 5.56 Å². The third-order valence-corrected chi connectivity index (χ3v) is 13.1. The standard InChI is InChI=1S/C21H30O3Si/c1-20(2,3)25(4,5)19-14-11-21(10-9-17(21)22)16-8-6-7-13(18(16)23)15(14)12-24-19/h6-7,12-13,16,18,23H,8-11H2,1-5H3/t13-,16-,18+,21-/m0/s1. The zero-order chi connectivity index (χ0) is 18.2. The van der Waals surface area contributed by atoms with E-state index in [-0.39, 0.29) is 22.3 Å². The summed E-state index contributed by atoms with van der Waals surface area (Å²) in [7, 11) is -1.85. The molecule has 4 rings (SSSR count). The first-order chi connectivity index (χ1) is 11.6. The topological polar surface area (TPSA) is 50.4 Å². The fraction of sp³-hybridized carbons (Fsp3) is 0.667. The summed E-state index contributed by atoms with van der Waals surface area (Å²) in [6.45, 7) is 11.6. The number of carbonyl (C=O) groups excluding carboxylic acids is 1. The molecule has 1 fully saturated rings. The summed E-state index contributed by atoms with van der Waals surface area (Å²) in [6.07, 6.45) is 8.88. The maximum atomic E-state index is 12.7. The molecule has 4 atom stereocenters. The van der Waals surface area contributed by atoms with Gasteiger partial charge in [0.05, 0.1) is 17.8 Å². The molecule has 3 nitrogen and oxygen atoms in total. The summed E-state index contributed by atoms with van der Waals surface area (Å²) in [5.41, 5.74) is 2.01. The average Bonchev–Trinajstić information content (AvgIpc) is 2.92. The van der Waals surface area contributed by atoms with Crippen LogP contribution in [0.4, 0.5) is 0 Å². The van der Waals surface area contributed by atoms with Crippen LogP contribution in [0.25, 0.3) is 0 Å². The number of carbonyl (C=O) groups is 1. The average molecular weight is 359 g/mol. The highest BCUT2D eigenvalue weighted by molar-refractivity contribution is 6.91. The smallest absolute Gasteiger partial charge is 0.139 e. The Bertz CT molecular complexity index is 752. The third-order valence-electron chi connectivity index (χ3n) is 7.80. The number of aliphatic hydroxyl groups is 1. The Labute approximate surface area is 151 Å². The van der Waals surface area contributed by atoms with Crippen LogP contribution in [-0.4, -0.2) is 25.1 Å². The number of fused-ring (bicyclic) bond motifs is 5. The molecule has 0 radical (unpaired) electrons. The summed E-state index contributed by atoms with van der Waals surface area (Å²) in [5.74, 6) is 0.382.